The number of benzene rings is 1. The van der Waals surface area contributed by atoms with Gasteiger partial charge in [0, 0.05) is 4.47 Å². The highest BCUT2D eigenvalue weighted by Crippen LogP contribution is 2.43. The summed E-state index contributed by atoms with van der Waals surface area (Å²) in [6.45, 7) is 0. The Hall–Kier alpha value is -0.540. The van der Waals surface area contributed by atoms with Crippen molar-refractivity contribution < 1.29 is 9.90 Å². The van der Waals surface area contributed by atoms with Crippen LogP contribution in [0.1, 0.15) is 24.3 Å². The molecule has 15 heavy (non-hydrogen) atoms. The number of aliphatic carboxylic acids is 1. The van der Waals surface area contributed by atoms with E-state index < -0.39 is 11.9 Å². The Morgan fingerprint density at radius 1 is 1.53 bits per heavy atom. The number of hydrogen-bond acceptors (Lipinski definition) is 1. The monoisotopic (exact) mass is 288 g/mol. The van der Waals surface area contributed by atoms with Crippen molar-refractivity contribution in [1.29, 1.82) is 0 Å². The molecule has 1 fully saturated rings. The zero-order chi connectivity index (χ0) is 11.0. The van der Waals surface area contributed by atoms with Crippen molar-refractivity contribution in [1.82, 2.24) is 0 Å². The standard InChI is InChI=1S/C11H10BrClO2/c12-8-4-3-7(5-9(8)13)10(11(14)15)6-1-2-6/h3-6,10H,1-2H2,(H,14,15). The minimum Gasteiger partial charge on any atom is -0.481 e. The van der Waals surface area contributed by atoms with E-state index in [-0.39, 0.29) is 0 Å². The van der Waals surface area contributed by atoms with Crippen LogP contribution in [-0.2, 0) is 4.79 Å². The average Bonchev–Trinajstić information content (AvgIpc) is 2.95. The Morgan fingerprint density at radius 3 is 2.67 bits per heavy atom. The molecule has 80 valence electrons. The van der Waals surface area contributed by atoms with Gasteiger partial charge < -0.3 is 5.11 Å². The maximum Gasteiger partial charge on any atom is 0.311 e. The van der Waals surface area contributed by atoms with Gasteiger partial charge in [0.05, 0.1) is 10.9 Å². The molecule has 1 atom stereocenters. The molecule has 0 bridgehead atoms. The second-order valence-electron chi connectivity index (χ2n) is 3.83. The first-order valence-corrected chi connectivity index (χ1v) is 5.94. The van der Waals surface area contributed by atoms with Crippen LogP contribution in [0.3, 0.4) is 0 Å². The fraction of sp³-hybridized carbons (Fsp3) is 0.364. The van der Waals surface area contributed by atoms with Crippen LogP contribution < -0.4 is 0 Å². The number of carboxylic acid groups (broad SMARTS) is 1. The molecule has 4 heteroatoms. The summed E-state index contributed by atoms with van der Waals surface area (Å²) in [7, 11) is 0. The van der Waals surface area contributed by atoms with Gasteiger partial charge in [-0.1, -0.05) is 17.7 Å². The molecule has 0 saturated heterocycles. The zero-order valence-electron chi connectivity index (χ0n) is 7.91. The van der Waals surface area contributed by atoms with E-state index in [0.29, 0.717) is 10.9 Å². The lowest BCUT2D eigenvalue weighted by atomic mass is 9.94. The molecule has 2 nitrogen and oxygen atoms in total. The number of carboxylic acids is 1. The largest absolute Gasteiger partial charge is 0.481 e. The lowest BCUT2D eigenvalue weighted by Crippen LogP contribution is -2.13. The Labute approximate surface area is 101 Å². The summed E-state index contributed by atoms with van der Waals surface area (Å²) in [6, 6.07) is 5.37. The average molecular weight is 290 g/mol. The summed E-state index contributed by atoms with van der Waals surface area (Å²) < 4.78 is 0.799. The maximum absolute atomic E-state index is 11.1. The van der Waals surface area contributed by atoms with Crippen molar-refractivity contribution in [3.8, 4) is 0 Å². The van der Waals surface area contributed by atoms with E-state index in [1.54, 1.807) is 12.1 Å². The van der Waals surface area contributed by atoms with Gasteiger partial charge in [0.15, 0.2) is 0 Å². The van der Waals surface area contributed by atoms with Crippen LogP contribution in [0.5, 0.6) is 0 Å². The molecule has 0 spiro atoms. The third-order valence-electron chi connectivity index (χ3n) is 2.66. The van der Waals surface area contributed by atoms with Crippen molar-refractivity contribution in [3.63, 3.8) is 0 Å². The van der Waals surface area contributed by atoms with E-state index in [0.717, 1.165) is 22.9 Å². The normalized spacial score (nSPS) is 17.5. The molecule has 0 aliphatic heterocycles. The molecule has 1 unspecified atom stereocenters. The summed E-state index contributed by atoms with van der Waals surface area (Å²) in [4.78, 5) is 11.1. The molecule has 0 aromatic heterocycles. The Balaban J connectivity index is 2.33. The fourth-order valence-corrected chi connectivity index (χ4v) is 2.19. The Bertz CT molecular complexity index is 402. The quantitative estimate of drug-likeness (QED) is 0.921. The van der Waals surface area contributed by atoms with Crippen molar-refractivity contribution in [2.75, 3.05) is 0 Å². The van der Waals surface area contributed by atoms with E-state index >= 15 is 0 Å². The van der Waals surface area contributed by atoms with Crippen LogP contribution in [0.15, 0.2) is 22.7 Å². The van der Waals surface area contributed by atoms with Crippen LogP contribution in [0.4, 0.5) is 0 Å². The first-order valence-electron chi connectivity index (χ1n) is 4.77. The Morgan fingerprint density at radius 2 is 2.20 bits per heavy atom. The predicted molar refractivity (Wildman–Crippen MR) is 62.3 cm³/mol. The highest BCUT2D eigenvalue weighted by molar-refractivity contribution is 9.10. The molecule has 0 heterocycles. The van der Waals surface area contributed by atoms with Gasteiger partial charge in [-0.05, 0) is 52.4 Å². The van der Waals surface area contributed by atoms with E-state index in [2.05, 4.69) is 15.9 Å². The molecule has 0 amide bonds. The second-order valence-corrected chi connectivity index (χ2v) is 5.09. The molecule has 2 rings (SSSR count). The summed E-state index contributed by atoms with van der Waals surface area (Å²) >= 11 is 9.24. The fourth-order valence-electron chi connectivity index (χ4n) is 1.75. The summed E-state index contributed by atoms with van der Waals surface area (Å²) in [6.07, 6.45) is 2.01. The summed E-state index contributed by atoms with van der Waals surface area (Å²) in [5, 5.41) is 9.71. The number of rotatable bonds is 3. The predicted octanol–water partition coefficient (Wildman–Crippen LogP) is 3.68. The van der Waals surface area contributed by atoms with Gasteiger partial charge in [-0.25, -0.2) is 0 Å². The number of hydrogen-bond donors (Lipinski definition) is 1. The zero-order valence-corrected chi connectivity index (χ0v) is 10.3. The van der Waals surface area contributed by atoms with E-state index in [9.17, 15) is 4.79 Å². The van der Waals surface area contributed by atoms with Gasteiger partial charge in [0.1, 0.15) is 0 Å². The number of halogens is 2. The molecule has 1 aromatic carbocycles. The van der Waals surface area contributed by atoms with Gasteiger partial charge >= 0.3 is 5.97 Å². The molecule has 1 aliphatic carbocycles. The van der Waals surface area contributed by atoms with Crippen LogP contribution in [0.2, 0.25) is 5.02 Å². The van der Waals surface area contributed by atoms with E-state index in [4.69, 9.17) is 16.7 Å². The smallest absolute Gasteiger partial charge is 0.311 e. The molecule has 1 aliphatic rings. The molecule has 1 aromatic rings. The molecule has 1 N–H and O–H groups in total. The van der Waals surface area contributed by atoms with Crippen LogP contribution >= 0.6 is 27.5 Å². The van der Waals surface area contributed by atoms with Crippen LogP contribution in [-0.4, -0.2) is 11.1 Å². The Kier molecular flexibility index (Phi) is 3.03. The first kappa shape index (κ1) is 11.0. The van der Waals surface area contributed by atoms with Crippen molar-refractivity contribution in [3.05, 3.63) is 33.3 Å². The molecule has 1 saturated carbocycles. The first-order chi connectivity index (χ1) is 7.09. The maximum atomic E-state index is 11.1. The van der Waals surface area contributed by atoms with Crippen molar-refractivity contribution >= 4 is 33.5 Å². The SMILES string of the molecule is O=C(O)C(c1ccc(Br)c(Cl)c1)C1CC1. The van der Waals surface area contributed by atoms with Gasteiger partial charge in [-0.3, -0.25) is 4.79 Å². The summed E-state index contributed by atoms with van der Waals surface area (Å²) in [5.74, 6) is -0.855. The van der Waals surface area contributed by atoms with Crippen molar-refractivity contribution in [2.45, 2.75) is 18.8 Å². The van der Waals surface area contributed by atoms with Gasteiger partial charge in [-0.2, -0.15) is 0 Å². The van der Waals surface area contributed by atoms with Crippen LogP contribution in [0.25, 0.3) is 0 Å². The third kappa shape index (κ3) is 2.34. The minimum atomic E-state index is -0.754. The second kappa shape index (κ2) is 4.14. The highest BCUT2D eigenvalue weighted by Gasteiger charge is 2.37. The molecule has 0 radical (unpaired) electrons. The van der Waals surface area contributed by atoms with E-state index in [1.165, 1.54) is 0 Å². The lowest BCUT2D eigenvalue weighted by molar-refractivity contribution is -0.139. The van der Waals surface area contributed by atoms with E-state index in [1.807, 2.05) is 6.07 Å². The topological polar surface area (TPSA) is 37.3 Å². The van der Waals surface area contributed by atoms with Crippen LogP contribution in [0, 0.1) is 5.92 Å². The van der Waals surface area contributed by atoms with Gasteiger partial charge in [0.2, 0.25) is 0 Å². The third-order valence-corrected chi connectivity index (χ3v) is 3.89. The van der Waals surface area contributed by atoms with Gasteiger partial charge in [-0.15, -0.1) is 0 Å². The van der Waals surface area contributed by atoms with Gasteiger partial charge in [0.25, 0.3) is 0 Å². The lowest BCUT2D eigenvalue weighted by Gasteiger charge is -2.12. The highest BCUT2D eigenvalue weighted by atomic mass is 79.9. The molecular formula is C11H10BrClO2. The number of carbonyl (C=O) groups is 1. The minimum absolute atomic E-state index is 0.291. The molecular weight excluding hydrogens is 279 g/mol. The van der Waals surface area contributed by atoms with Crippen molar-refractivity contribution in [2.24, 2.45) is 5.92 Å². The summed E-state index contributed by atoms with van der Waals surface area (Å²) in [5.41, 5.74) is 0.804.